The van der Waals surface area contributed by atoms with Gasteiger partial charge >= 0.3 is 0 Å². The molecular weight excluding hydrogens is 343 g/mol. The molecule has 0 spiro atoms. The fourth-order valence-electron chi connectivity index (χ4n) is 3.01. The zero-order valence-electron chi connectivity index (χ0n) is 14.6. The molecule has 0 radical (unpaired) electrons. The van der Waals surface area contributed by atoms with E-state index in [1.165, 1.54) is 0 Å². The maximum Gasteiger partial charge on any atom is 0.156 e. The van der Waals surface area contributed by atoms with E-state index < -0.39 is 7.14 Å². The lowest BCUT2D eigenvalue weighted by Gasteiger charge is -2.31. The van der Waals surface area contributed by atoms with Gasteiger partial charge in [-0.2, -0.15) is 0 Å². The first-order valence-corrected chi connectivity index (χ1v) is 11.2. The van der Waals surface area contributed by atoms with Crippen LogP contribution in [0.15, 0.2) is 95.9 Å². The van der Waals surface area contributed by atoms with E-state index in [9.17, 15) is 4.57 Å². The van der Waals surface area contributed by atoms with Gasteiger partial charge in [-0.15, -0.1) is 11.8 Å². The van der Waals surface area contributed by atoms with Crippen molar-refractivity contribution in [2.75, 3.05) is 0 Å². The highest BCUT2D eigenvalue weighted by Gasteiger charge is 2.39. The van der Waals surface area contributed by atoms with Gasteiger partial charge in [0.15, 0.2) is 7.14 Å². The molecule has 0 bridgehead atoms. The largest absolute Gasteiger partial charge is 0.312 e. The van der Waals surface area contributed by atoms with Crippen molar-refractivity contribution in [2.45, 2.75) is 23.7 Å². The zero-order chi connectivity index (χ0) is 17.7. The summed E-state index contributed by atoms with van der Waals surface area (Å²) >= 11 is 1.73. The van der Waals surface area contributed by atoms with E-state index in [2.05, 4.69) is 26.0 Å². The number of thioether (sulfide) groups is 1. The van der Waals surface area contributed by atoms with Crippen LogP contribution in [0.4, 0.5) is 0 Å². The van der Waals surface area contributed by atoms with Gasteiger partial charge in [-0.25, -0.2) is 0 Å². The van der Waals surface area contributed by atoms with E-state index >= 15 is 0 Å². The standard InChI is InChI=1S/C22H23OPS/c1-18(2)22(25-21-16-10-5-11-17-21)24(23,19-12-6-3-7-13-19)20-14-8-4-9-15-20/h3-18,22H,1-2H3. The summed E-state index contributed by atoms with van der Waals surface area (Å²) in [5, 5.41) is 1.87. The van der Waals surface area contributed by atoms with Crippen molar-refractivity contribution in [1.29, 1.82) is 0 Å². The van der Waals surface area contributed by atoms with E-state index in [0.29, 0.717) is 0 Å². The maximum absolute atomic E-state index is 14.5. The molecule has 0 heterocycles. The molecule has 0 fully saturated rings. The van der Waals surface area contributed by atoms with E-state index in [1.54, 1.807) is 11.8 Å². The highest BCUT2D eigenvalue weighted by Crippen LogP contribution is 2.57. The molecule has 3 aromatic carbocycles. The first kappa shape index (κ1) is 18.0. The molecule has 25 heavy (non-hydrogen) atoms. The van der Waals surface area contributed by atoms with Crippen LogP contribution in [-0.2, 0) is 4.57 Å². The Morgan fingerprint density at radius 2 is 1.08 bits per heavy atom. The lowest BCUT2D eigenvalue weighted by molar-refractivity contribution is 0.573. The molecule has 0 aliphatic carbocycles. The Balaban J connectivity index is 2.13. The summed E-state index contributed by atoms with van der Waals surface area (Å²) in [5.41, 5.74) is 0. The van der Waals surface area contributed by atoms with Crippen LogP contribution in [0, 0.1) is 5.92 Å². The second kappa shape index (κ2) is 8.08. The van der Waals surface area contributed by atoms with Gasteiger partial charge in [0.2, 0.25) is 0 Å². The second-order valence-electron chi connectivity index (χ2n) is 6.39. The molecule has 128 valence electrons. The predicted molar refractivity (Wildman–Crippen MR) is 111 cm³/mol. The van der Waals surface area contributed by atoms with Crippen LogP contribution in [0.25, 0.3) is 0 Å². The van der Waals surface area contributed by atoms with Crippen molar-refractivity contribution in [3.8, 4) is 0 Å². The van der Waals surface area contributed by atoms with E-state index in [1.807, 2.05) is 78.9 Å². The quantitative estimate of drug-likeness (QED) is 0.407. The molecule has 0 N–H and O–H groups in total. The molecule has 0 aliphatic heterocycles. The van der Waals surface area contributed by atoms with Gasteiger partial charge in [-0.05, 0) is 18.1 Å². The molecule has 0 saturated heterocycles. The molecule has 1 atom stereocenters. The minimum Gasteiger partial charge on any atom is -0.312 e. The minimum absolute atomic E-state index is 0.0142. The highest BCUT2D eigenvalue weighted by molar-refractivity contribution is 8.08. The second-order valence-corrected chi connectivity index (χ2v) is 10.9. The van der Waals surface area contributed by atoms with Gasteiger partial charge in [-0.1, -0.05) is 92.7 Å². The third kappa shape index (κ3) is 3.92. The van der Waals surface area contributed by atoms with Crippen LogP contribution in [0.2, 0.25) is 0 Å². The Morgan fingerprint density at radius 3 is 1.48 bits per heavy atom. The third-order valence-corrected chi connectivity index (χ3v) is 10.2. The number of benzene rings is 3. The lowest BCUT2D eigenvalue weighted by Crippen LogP contribution is -2.27. The first-order chi connectivity index (χ1) is 12.1. The van der Waals surface area contributed by atoms with Crippen molar-refractivity contribution in [2.24, 2.45) is 5.92 Å². The molecule has 3 aromatic rings. The molecule has 0 aliphatic rings. The molecule has 3 heteroatoms. The van der Waals surface area contributed by atoms with Crippen LogP contribution in [0.1, 0.15) is 13.8 Å². The average molecular weight is 366 g/mol. The van der Waals surface area contributed by atoms with Crippen LogP contribution in [0.3, 0.4) is 0 Å². The SMILES string of the molecule is CC(C)C(Sc1ccccc1)P(=O)(c1ccccc1)c1ccccc1. The number of hydrogen-bond acceptors (Lipinski definition) is 2. The maximum atomic E-state index is 14.5. The Bertz CT molecular complexity index is 788. The number of hydrogen-bond donors (Lipinski definition) is 0. The van der Waals surface area contributed by atoms with Crippen molar-refractivity contribution in [3.05, 3.63) is 91.0 Å². The van der Waals surface area contributed by atoms with Crippen LogP contribution in [0.5, 0.6) is 0 Å². The molecule has 0 aromatic heterocycles. The minimum atomic E-state index is -2.79. The van der Waals surface area contributed by atoms with Crippen molar-refractivity contribution >= 4 is 29.5 Å². The van der Waals surface area contributed by atoms with Gasteiger partial charge in [-0.3, -0.25) is 0 Å². The highest BCUT2D eigenvalue weighted by atomic mass is 32.2. The molecule has 1 nitrogen and oxygen atoms in total. The van der Waals surface area contributed by atoms with E-state index in [0.717, 1.165) is 15.5 Å². The lowest BCUT2D eigenvalue weighted by atomic mass is 10.3. The third-order valence-electron chi connectivity index (χ3n) is 4.21. The Labute approximate surface area is 154 Å². The molecular formula is C22H23OPS. The summed E-state index contributed by atoms with van der Waals surface area (Å²) in [6.45, 7) is 4.33. The van der Waals surface area contributed by atoms with Gasteiger partial charge in [0.05, 0.1) is 4.99 Å². The first-order valence-electron chi connectivity index (χ1n) is 8.55. The van der Waals surface area contributed by atoms with Crippen LogP contribution in [-0.4, -0.2) is 4.99 Å². The Hall–Kier alpha value is -1.76. The normalized spacial score (nSPS) is 12.9. The Kier molecular flexibility index (Phi) is 5.83. The molecule has 0 saturated carbocycles. The molecule has 0 amide bonds. The van der Waals surface area contributed by atoms with Crippen LogP contribution >= 0.6 is 18.9 Å². The fourth-order valence-corrected chi connectivity index (χ4v) is 8.52. The van der Waals surface area contributed by atoms with Gasteiger partial charge in [0.1, 0.15) is 0 Å². The van der Waals surface area contributed by atoms with Crippen molar-refractivity contribution in [3.63, 3.8) is 0 Å². The summed E-state index contributed by atoms with van der Waals surface area (Å²) < 4.78 is 14.5. The Morgan fingerprint density at radius 1 is 0.680 bits per heavy atom. The van der Waals surface area contributed by atoms with Gasteiger partial charge in [0.25, 0.3) is 0 Å². The summed E-state index contributed by atoms with van der Waals surface area (Å²) in [5.74, 6) is 0.274. The van der Waals surface area contributed by atoms with Crippen molar-refractivity contribution in [1.82, 2.24) is 0 Å². The predicted octanol–water partition coefficient (Wildman–Crippen LogP) is 5.77. The summed E-state index contributed by atoms with van der Waals surface area (Å²) in [7, 11) is -2.79. The summed E-state index contributed by atoms with van der Waals surface area (Å²) in [6.07, 6.45) is 0. The van der Waals surface area contributed by atoms with Crippen molar-refractivity contribution < 1.29 is 4.57 Å². The van der Waals surface area contributed by atoms with E-state index in [-0.39, 0.29) is 10.9 Å². The number of rotatable bonds is 6. The van der Waals surface area contributed by atoms with Gasteiger partial charge in [0, 0.05) is 15.5 Å². The fraction of sp³-hybridized carbons (Fsp3) is 0.182. The smallest absolute Gasteiger partial charge is 0.156 e. The van der Waals surface area contributed by atoms with Crippen LogP contribution < -0.4 is 10.6 Å². The van der Waals surface area contributed by atoms with E-state index in [4.69, 9.17) is 0 Å². The van der Waals surface area contributed by atoms with Gasteiger partial charge < -0.3 is 4.57 Å². The molecule has 3 rings (SSSR count). The topological polar surface area (TPSA) is 17.1 Å². The molecule has 1 unspecified atom stereocenters. The zero-order valence-corrected chi connectivity index (χ0v) is 16.3. The summed E-state index contributed by atoms with van der Waals surface area (Å²) in [6, 6.07) is 30.2. The average Bonchev–Trinajstić information content (AvgIpc) is 2.67. The summed E-state index contributed by atoms with van der Waals surface area (Å²) in [4.78, 5) is 1.15. The monoisotopic (exact) mass is 366 g/mol.